The van der Waals surface area contributed by atoms with Gasteiger partial charge >= 0.3 is 0 Å². The molecule has 0 aromatic carbocycles. The summed E-state index contributed by atoms with van der Waals surface area (Å²) in [6.07, 6.45) is 2.28. The van der Waals surface area contributed by atoms with Crippen LogP contribution >= 0.6 is 0 Å². The molecular weight excluding hydrogens is 162 g/mol. The lowest BCUT2D eigenvalue weighted by Crippen LogP contribution is -2.19. The van der Waals surface area contributed by atoms with Gasteiger partial charge in [0.15, 0.2) is 0 Å². The smallest absolute Gasteiger partial charge is 0.0747 e. The third-order valence-corrected chi connectivity index (χ3v) is 2.95. The summed E-state index contributed by atoms with van der Waals surface area (Å²) in [5.41, 5.74) is 2.49. The Labute approximate surface area is 79.2 Å². The van der Waals surface area contributed by atoms with Crippen molar-refractivity contribution >= 4 is 0 Å². The Morgan fingerprint density at radius 1 is 1.38 bits per heavy atom. The van der Waals surface area contributed by atoms with Crippen LogP contribution in [0.4, 0.5) is 0 Å². The highest BCUT2D eigenvalue weighted by molar-refractivity contribution is 5.13. The highest BCUT2D eigenvalue weighted by Crippen LogP contribution is 2.33. The van der Waals surface area contributed by atoms with E-state index in [1.807, 2.05) is 0 Å². The van der Waals surface area contributed by atoms with Crippen LogP contribution in [0.3, 0.4) is 0 Å². The molecule has 2 rings (SSSR count). The Morgan fingerprint density at radius 2 is 1.92 bits per heavy atom. The standard InChI is InChI=1S/C11H17NO/c1-8-3-4-9(2)12(8)7-11(13)10-5-6-10/h3-4,10-11,13H,5-7H2,1-2H3. The maximum Gasteiger partial charge on any atom is 0.0747 e. The van der Waals surface area contributed by atoms with Gasteiger partial charge in [-0.2, -0.15) is 0 Å². The molecule has 1 unspecified atom stereocenters. The molecule has 0 aliphatic heterocycles. The molecule has 0 saturated heterocycles. The minimum absolute atomic E-state index is 0.134. The van der Waals surface area contributed by atoms with E-state index >= 15 is 0 Å². The number of hydrogen-bond donors (Lipinski definition) is 1. The number of nitrogens with zero attached hydrogens (tertiary/aromatic N) is 1. The molecule has 1 aromatic rings. The molecule has 1 fully saturated rings. The van der Waals surface area contributed by atoms with Gasteiger partial charge in [0.1, 0.15) is 0 Å². The second-order valence-electron chi connectivity index (χ2n) is 4.13. The molecule has 0 bridgehead atoms. The van der Waals surface area contributed by atoms with Crippen LogP contribution in [0.15, 0.2) is 12.1 Å². The first kappa shape index (κ1) is 8.82. The molecule has 1 aromatic heterocycles. The molecule has 0 spiro atoms. The lowest BCUT2D eigenvalue weighted by molar-refractivity contribution is 0.130. The molecule has 13 heavy (non-hydrogen) atoms. The number of aliphatic hydroxyl groups is 1. The second-order valence-corrected chi connectivity index (χ2v) is 4.13. The van der Waals surface area contributed by atoms with Crippen molar-refractivity contribution in [3.63, 3.8) is 0 Å². The molecule has 1 heterocycles. The minimum atomic E-state index is -0.134. The average molecular weight is 179 g/mol. The zero-order valence-electron chi connectivity index (χ0n) is 8.33. The van der Waals surface area contributed by atoms with Gasteiger partial charge in [-0.3, -0.25) is 0 Å². The third kappa shape index (κ3) is 1.78. The van der Waals surface area contributed by atoms with Crippen LogP contribution in [0.1, 0.15) is 24.2 Å². The van der Waals surface area contributed by atoms with Crippen molar-refractivity contribution in [2.75, 3.05) is 0 Å². The minimum Gasteiger partial charge on any atom is -0.391 e. The Kier molecular flexibility index (Phi) is 2.16. The molecule has 72 valence electrons. The molecule has 0 amide bonds. The number of aryl methyl sites for hydroxylation is 2. The van der Waals surface area contributed by atoms with Crippen LogP contribution in [-0.4, -0.2) is 15.8 Å². The zero-order valence-corrected chi connectivity index (χ0v) is 8.33. The lowest BCUT2D eigenvalue weighted by Gasteiger charge is -2.14. The van der Waals surface area contributed by atoms with Crippen LogP contribution in [0, 0.1) is 19.8 Å². The molecule has 1 aliphatic carbocycles. The van der Waals surface area contributed by atoms with Gasteiger partial charge in [0.25, 0.3) is 0 Å². The maximum atomic E-state index is 9.79. The Bertz CT molecular complexity index is 280. The second kappa shape index (κ2) is 3.18. The van der Waals surface area contributed by atoms with Crippen LogP contribution in [-0.2, 0) is 6.54 Å². The maximum absolute atomic E-state index is 9.79. The summed E-state index contributed by atoms with van der Waals surface area (Å²) in [6.45, 7) is 4.95. The first-order valence-electron chi connectivity index (χ1n) is 4.99. The molecule has 0 radical (unpaired) electrons. The number of aromatic nitrogens is 1. The van der Waals surface area contributed by atoms with Gasteiger partial charge in [0, 0.05) is 17.9 Å². The highest BCUT2D eigenvalue weighted by Gasteiger charge is 2.29. The quantitative estimate of drug-likeness (QED) is 0.753. The molecule has 2 nitrogen and oxygen atoms in total. The van der Waals surface area contributed by atoms with Gasteiger partial charge in [-0.15, -0.1) is 0 Å². The summed E-state index contributed by atoms with van der Waals surface area (Å²) in [5, 5.41) is 9.79. The van der Waals surface area contributed by atoms with Crippen LogP contribution in [0.2, 0.25) is 0 Å². The van der Waals surface area contributed by atoms with E-state index in [9.17, 15) is 5.11 Å². The van der Waals surface area contributed by atoms with Gasteiger partial charge in [0.05, 0.1) is 6.10 Å². The van der Waals surface area contributed by atoms with E-state index in [0.29, 0.717) is 5.92 Å². The molecule has 2 heteroatoms. The van der Waals surface area contributed by atoms with E-state index in [-0.39, 0.29) is 6.10 Å². The Balaban J connectivity index is 2.07. The van der Waals surface area contributed by atoms with Crippen molar-refractivity contribution in [3.05, 3.63) is 23.5 Å². The number of aliphatic hydroxyl groups excluding tert-OH is 1. The van der Waals surface area contributed by atoms with E-state index in [1.54, 1.807) is 0 Å². The predicted molar refractivity (Wildman–Crippen MR) is 52.6 cm³/mol. The fourth-order valence-corrected chi connectivity index (χ4v) is 1.80. The topological polar surface area (TPSA) is 25.2 Å². The van der Waals surface area contributed by atoms with Crippen molar-refractivity contribution in [2.24, 2.45) is 5.92 Å². The third-order valence-electron chi connectivity index (χ3n) is 2.95. The monoisotopic (exact) mass is 179 g/mol. The lowest BCUT2D eigenvalue weighted by atomic mass is 10.2. The fraction of sp³-hybridized carbons (Fsp3) is 0.636. The van der Waals surface area contributed by atoms with E-state index < -0.39 is 0 Å². The average Bonchev–Trinajstić information content (AvgIpc) is 2.88. The largest absolute Gasteiger partial charge is 0.391 e. The molecular formula is C11H17NO. The fourth-order valence-electron chi connectivity index (χ4n) is 1.80. The van der Waals surface area contributed by atoms with Crippen LogP contribution in [0.25, 0.3) is 0 Å². The number of rotatable bonds is 3. The summed E-state index contributed by atoms with van der Waals surface area (Å²) in [5.74, 6) is 0.571. The number of hydrogen-bond acceptors (Lipinski definition) is 1. The molecule has 1 atom stereocenters. The van der Waals surface area contributed by atoms with E-state index in [1.165, 1.54) is 24.2 Å². The highest BCUT2D eigenvalue weighted by atomic mass is 16.3. The van der Waals surface area contributed by atoms with E-state index in [2.05, 4.69) is 30.5 Å². The van der Waals surface area contributed by atoms with Crippen LogP contribution in [0.5, 0.6) is 0 Å². The van der Waals surface area contributed by atoms with Crippen molar-refractivity contribution in [1.82, 2.24) is 4.57 Å². The molecule has 1 aliphatic rings. The van der Waals surface area contributed by atoms with Gasteiger partial charge < -0.3 is 9.67 Å². The van der Waals surface area contributed by atoms with E-state index in [0.717, 1.165) is 6.54 Å². The summed E-state index contributed by atoms with van der Waals surface area (Å²) in [4.78, 5) is 0. The zero-order chi connectivity index (χ0) is 9.42. The van der Waals surface area contributed by atoms with Crippen LogP contribution < -0.4 is 0 Å². The first-order valence-corrected chi connectivity index (χ1v) is 4.99. The Morgan fingerprint density at radius 3 is 2.38 bits per heavy atom. The predicted octanol–water partition coefficient (Wildman–Crippen LogP) is 1.88. The molecule has 1 N–H and O–H groups in total. The summed E-state index contributed by atoms with van der Waals surface area (Å²) in [7, 11) is 0. The van der Waals surface area contributed by atoms with Gasteiger partial charge in [0.2, 0.25) is 0 Å². The van der Waals surface area contributed by atoms with Crippen molar-refractivity contribution < 1.29 is 5.11 Å². The van der Waals surface area contributed by atoms with Crippen molar-refractivity contribution in [2.45, 2.75) is 39.3 Å². The van der Waals surface area contributed by atoms with Crippen molar-refractivity contribution in [3.8, 4) is 0 Å². The SMILES string of the molecule is Cc1ccc(C)n1CC(O)C1CC1. The van der Waals surface area contributed by atoms with Crippen molar-refractivity contribution in [1.29, 1.82) is 0 Å². The van der Waals surface area contributed by atoms with Gasteiger partial charge in [-0.05, 0) is 44.7 Å². The summed E-state index contributed by atoms with van der Waals surface area (Å²) in [6, 6.07) is 4.21. The van der Waals surface area contributed by atoms with Gasteiger partial charge in [-0.25, -0.2) is 0 Å². The molecule has 1 saturated carbocycles. The van der Waals surface area contributed by atoms with E-state index in [4.69, 9.17) is 0 Å². The van der Waals surface area contributed by atoms with Gasteiger partial charge in [-0.1, -0.05) is 0 Å². The summed E-state index contributed by atoms with van der Waals surface area (Å²) >= 11 is 0. The normalized spacial score (nSPS) is 19.0. The summed E-state index contributed by atoms with van der Waals surface area (Å²) < 4.78 is 2.20. The first-order chi connectivity index (χ1) is 6.18. The Hall–Kier alpha value is -0.760.